The summed E-state index contributed by atoms with van der Waals surface area (Å²) in [5, 5.41) is 2.86. The van der Waals surface area contributed by atoms with Crippen LogP contribution in [0, 0.1) is 0 Å². The van der Waals surface area contributed by atoms with Crippen molar-refractivity contribution in [1.82, 2.24) is 5.32 Å². The molecule has 0 radical (unpaired) electrons. The molecule has 150 valence electrons. The Bertz CT molecular complexity index is 1080. The Hall–Kier alpha value is -3.32. The minimum Gasteiger partial charge on any atom is -0.378 e. The van der Waals surface area contributed by atoms with Crippen LogP contribution in [-0.2, 0) is 16.6 Å². The summed E-state index contributed by atoms with van der Waals surface area (Å²) in [5.41, 5.74) is 2.77. The van der Waals surface area contributed by atoms with E-state index in [1.807, 2.05) is 43.3 Å². The van der Waals surface area contributed by atoms with Gasteiger partial charge in [-0.1, -0.05) is 36.4 Å². The van der Waals surface area contributed by atoms with Crippen LogP contribution in [0.4, 0.5) is 11.4 Å². The molecule has 0 bridgehead atoms. The second-order valence-electron chi connectivity index (χ2n) is 6.74. The van der Waals surface area contributed by atoms with E-state index in [4.69, 9.17) is 0 Å². The maximum absolute atomic E-state index is 12.5. The zero-order chi connectivity index (χ0) is 20.9. The SMILES string of the molecule is CN(C)c1ccc(CNC(=O)c2cccc(NS(=O)(=O)c3ccccc3)c2)cc1. The summed E-state index contributed by atoms with van der Waals surface area (Å²) in [7, 11) is 0.228. The van der Waals surface area contributed by atoms with Crippen LogP contribution in [-0.4, -0.2) is 28.4 Å². The highest BCUT2D eigenvalue weighted by molar-refractivity contribution is 7.92. The van der Waals surface area contributed by atoms with Crippen molar-refractivity contribution in [2.24, 2.45) is 0 Å². The Morgan fingerprint density at radius 1 is 0.897 bits per heavy atom. The molecule has 0 atom stereocenters. The summed E-state index contributed by atoms with van der Waals surface area (Å²) in [6.45, 7) is 0.381. The van der Waals surface area contributed by atoms with Crippen LogP contribution >= 0.6 is 0 Å². The summed E-state index contributed by atoms with van der Waals surface area (Å²) in [6.07, 6.45) is 0. The fraction of sp³-hybridized carbons (Fsp3) is 0.136. The van der Waals surface area contributed by atoms with E-state index in [2.05, 4.69) is 10.0 Å². The highest BCUT2D eigenvalue weighted by atomic mass is 32.2. The third-order valence-electron chi connectivity index (χ3n) is 4.34. The Balaban J connectivity index is 1.66. The molecule has 2 N–H and O–H groups in total. The second-order valence-corrected chi connectivity index (χ2v) is 8.43. The summed E-state index contributed by atoms with van der Waals surface area (Å²) >= 11 is 0. The lowest BCUT2D eigenvalue weighted by atomic mass is 10.1. The molecule has 0 heterocycles. The summed E-state index contributed by atoms with van der Waals surface area (Å²) in [4.78, 5) is 14.7. The number of amides is 1. The van der Waals surface area contributed by atoms with E-state index in [9.17, 15) is 13.2 Å². The van der Waals surface area contributed by atoms with Crippen molar-refractivity contribution in [3.63, 3.8) is 0 Å². The molecule has 0 saturated carbocycles. The van der Waals surface area contributed by atoms with Crippen LogP contribution in [0.15, 0.2) is 83.8 Å². The van der Waals surface area contributed by atoms with E-state index in [0.29, 0.717) is 17.8 Å². The highest BCUT2D eigenvalue weighted by Crippen LogP contribution is 2.17. The number of benzene rings is 3. The van der Waals surface area contributed by atoms with Crippen LogP contribution in [0.2, 0.25) is 0 Å². The van der Waals surface area contributed by atoms with Gasteiger partial charge in [0.15, 0.2) is 0 Å². The quantitative estimate of drug-likeness (QED) is 0.626. The van der Waals surface area contributed by atoms with Gasteiger partial charge >= 0.3 is 0 Å². The Labute approximate surface area is 171 Å². The smallest absolute Gasteiger partial charge is 0.261 e. The van der Waals surface area contributed by atoms with E-state index in [1.165, 1.54) is 18.2 Å². The lowest BCUT2D eigenvalue weighted by Gasteiger charge is -2.13. The summed E-state index contributed by atoms with van der Waals surface area (Å²) in [5.74, 6) is -0.276. The van der Waals surface area contributed by atoms with E-state index < -0.39 is 10.0 Å². The molecule has 1 amide bonds. The summed E-state index contributed by atoms with van der Waals surface area (Å²) in [6, 6.07) is 22.4. The molecule has 0 aliphatic carbocycles. The van der Waals surface area contributed by atoms with E-state index in [1.54, 1.807) is 36.4 Å². The zero-order valence-electron chi connectivity index (χ0n) is 16.3. The average molecular weight is 410 g/mol. The number of nitrogens with one attached hydrogen (secondary N) is 2. The van der Waals surface area contributed by atoms with Crippen LogP contribution in [0.1, 0.15) is 15.9 Å². The molecule has 0 aliphatic rings. The number of carbonyl (C=O) groups is 1. The van der Waals surface area contributed by atoms with Gasteiger partial charge in [0.05, 0.1) is 4.90 Å². The van der Waals surface area contributed by atoms with E-state index in [0.717, 1.165) is 11.3 Å². The van der Waals surface area contributed by atoms with Crippen molar-refractivity contribution in [3.8, 4) is 0 Å². The van der Waals surface area contributed by atoms with Gasteiger partial charge in [-0.25, -0.2) is 8.42 Å². The first-order valence-corrected chi connectivity index (χ1v) is 10.6. The Kier molecular flexibility index (Phi) is 6.19. The normalized spacial score (nSPS) is 11.0. The molecule has 0 aromatic heterocycles. The maximum atomic E-state index is 12.5. The topological polar surface area (TPSA) is 78.5 Å². The highest BCUT2D eigenvalue weighted by Gasteiger charge is 2.14. The van der Waals surface area contributed by atoms with Gasteiger partial charge in [0.1, 0.15) is 0 Å². The number of hydrogen-bond acceptors (Lipinski definition) is 4. The van der Waals surface area contributed by atoms with Crippen molar-refractivity contribution in [2.75, 3.05) is 23.7 Å². The minimum absolute atomic E-state index is 0.163. The Morgan fingerprint density at radius 3 is 2.24 bits per heavy atom. The van der Waals surface area contributed by atoms with E-state index in [-0.39, 0.29) is 10.8 Å². The molecule has 0 aliphatic heterocycles. The third kappa shape index (κ3) is 5.36. The monoisotopic (exact) mass is 409 g/mol. The predicted octanol–water partition coefficient (Wildman–Crippen LogP) is 3.48. The lowest BCUT2D eigenvalue weighted by molar-refractivity contribution is 0.0951. The number of anilines is 2. The number of carbonyl (C=O) groups excluding carboxylic acids is 1. The van der Waals surface area contributed by atoms with E-state index >= 15 is 0 Å². The Morgan fingerprint density at radius 2 is 1.59 bits per heavy atom. The fourth-order valence-electron chi connectivity index (χ4n) is 2.73. The van der Waals surface area contributed by atoms with Gasteiger partial charge in [0.2, 0.25) is 0 Å². The molecular weight excluding hydrogens is 386 g/mol. The average Bonchev–Trinajstić information content (AvgIpc) is 2.73. The largest absolute Gasteiger partial charge is 0.378 e. The van der Waals surface area contributed by atoms with Gasteiger partial charge < -0.3 is 10.2 Å². The van der Waals surface area contributed by atoms with Crippen LogP contribution in [0.25, 0.3) is 0 Å². The molecule has 6 nitrogen and oxygen atoms in total. The van der Waals surface area contributed by atoms with Gasteiger partial charge in [0.25, 0.3) is 15.9 Å². The second kappa shape index (κ2) is 8.79. The molecular formula is C22H23N3O3S. The molecule has 0 fully saturated rings. The molecule has 3 aromatic carbocycles. The van der Waals surface area contributed by atoms with Gasteiger partial charge in [-0.15, -0.1) is 0 Å². The van der Waals surface area contributed by atoms with Gasteiger partial charge in [-0.3, -0.25) is 9.52 Å². The first-order valence-electron chi connectivity index (χ1n) is 9.07. The van der Waals surface area contributed by atoms with Gasteiger partial charge in [0, 0.05) is 37.6 Å². The third-order valence-corrected chi connectivity index (χ3v) is 5.73. The van der Waals surface area contributed by atoms with Crippen LogP contribution in [0.5, 0.6) is 0 Å². The standard InChI is InChI=1S/C22H23N3O3S/c1-25(2)20-13-11-17(12-14-20)16-23-22(26)18-7-6-8-19(15-18)24-29(27,28)21-9-4-3-5-10-21/h3-15,24H,16H2,1-2H3,(H,23,26). The van der Waals surface area contributed by atoms with Crippen molar-refractivity contribution >= 4 is 27.3 Å². The molecule has 3 aromatic rings. The number of hydrogen-bond donors (Lipinski definition) is 2. The maximum Gasteiger partial charge on any atom is 0.261 e. The molecule has 29 heavy (non-hydrogen) atoms. The summed E-state index contributed by atoms with van der Waals surface area (Å²) < 4.78 is 27.4. The van der Waals surface area contributed by atoms with Crippen LogP contribution < -0.4 is 14.9 Å². The van der Waals surface area contributed by atoms with Crippen molar-refractivity contribution < 1.29 is 13.2 Å². The number of rotatable bonds is 7. The minimum atomic E-state index is -3.71. The molecule has 0 saturated heterocycles. The number of nitrogens with zero attached hydrogens (tertiary/aromatic N) is 1. The van der Waals surface area contributed by atoms with Crippen LogP contribution in [0.3, 0.4) is 0 Å². The molecule has 0 unspecified atom stereocenters. The lowest BCUT2D eigenvalue weighted by Crippen LogP contribution is -2.23. The molecule has 7 heteroatoms. The molecule has 3 rings (SSSR count). The molecule has 0 spiro atoms. The number of sulfonamides is 1. The van der Waals surface area contributed by atoms with Crippen molar-refractivity contribution in [3.05, 3.63) is 90.0 Å². The zero-order valence-corrected chi connectivity index (χ0v) is 17.1. The fourth-order valence-corrected chi connectivity index (χ4v) is 3.80. The van der Waals surface area contributed by atoms with Crippen molar-refractivity contribution in [1.29, 1.82) is 0 Å². The first kappa shape index (κ1) is 20.4. The first-order chi connectivity index (χ1) is 13.8. The van der Waals surface area contributed by atoms with Crippen molar-refractivity contribution in [2.45, 2.75) is 11.4 Å². The van der Waals surface area contributed by atoms with Gasteiger partial charge in [-0.2, -0.15) is 0 Å². The predicted molar refractivity (Wildman–Crippen MR) is 116 cm³/mol. The van der Waals surface area contributed by atoms with Gasteiger partial charge in [-0.05, 0) is 48.0 Å².